The molecular formula is C22H28ClFN6O2. The molecule has 1 aromatic carbocycles. The zero-order valence-corrected chi connectivity index (χ0v) is 19.1. The monoisotopic (exact) mass is 462 g/mol. The van der Waals surface area contributed by atoms with E-state index in [1.807, 2.05) is 19.2 Å². The first-order valence-corrected chi connectivity index (χ1v) is 10.7. The van der Waals surface area contributed by atoms with Gasteiger partial charge in [0, 0.05) is 37.0 Å². The standard InChI is InChI=1S/C22H27FN6O2.ClH/c1-14-9-15-12-25-29(19(15)10-17(14)16-3-4-24-13-18(16)23)21-11-20(26-22(27-21)30-2)28-5-7-31-8-6-28;/h9-12,16,18,24H,3-8,13H2,1-2H3;1H/t16-,18-;/m1./s1. The zero-order valence-electron chi connectivity index (χ0n) is 18.3. The number of fused-ring (bicyclic) bond motifs is 1. The molecular weight excluding hydrogens is 435 g/mol. The van der Waals surface area contributed by atoms with Gasteiger partial charge in [0.2, 0.25) is 0 Å². The van der Waals surface area contributed by atoms with Crippen LogP contribution in [0.3, 0.4) is 0 Å². The fraction of sp³-hybridized carbons (Fsp3) is 0.500. The van der Waals surface area contributed by atoms with E-state index in [-0.39, 0.29) is 24.3 Å². The number of piperidine rings is 1. The number of benzene rings is 1. The smallest absolute Gasteiger partial charge is 0.320 e. The maximum Gasteiger partial charge on any atom is 0.320 e. The van der Waals surface area contributed by atoms with E-state index >= 15 is 0 Å². The van der Waals surface area contributed by atoms with E-state index in [9.17, 15) is 4.39 Å². The third-order valence-electron chi connectivity index (χ3n) is 6.18. The van der Waals surface area contributed by atoms with Gasteiger partial charge in [-0.1, -0.05) is 0 Å². The molecule has 172 valence electrons. The Bertz CT molecular complexity index is 1090. The van der Waals surface area contributed by atoms with Crippen LogP contribution in [0.25, 0.3) is 16.7 Å². The third-order valence-corrected chi connectivity index (χ3v) is 6.18. The van der Waals surface area contributed by atoms with E-state index in [1.165, 1.54) is 0 Å². The van der Waals surface area contributed by atoms with E-state index in [1.54, 1.807) is 11.8 Å². The number of anilines is 1. The number of alkyl halides is 1. The highest BCUT2D eigenvalue weighted by Gasteiger charge is 2.28. The third kappa shape index (κ3) is 4.24. The largest absolute Gasteiger partial charge is 0.467 e. The normalized spacial score (nSPS) is 21.4. The van der Waals surface area contributed by atoms with Crippen LogP contribution in [0.5, 0.6) is 6.01 Å². The molecule has 2 fully saturated rings. The van der Waals surface area contributed by atoms with Crippen LogP contribution < -0.4 is 15.0 Å². The molecule has 8 nitrogen and oxygen atoms in total. The Morgan fingerprint density at radius 2 is 1.94 bits per heavy atom. The fourth-order valence-electron chi connectivity index (χ4n) is 4.51. The highest BCUT2D eigenvalue weighted by Crippen LogP contribution is 2.33. The highest BCUT2D eigenvalue weighted by atomic mass is 35.5. The van der Waals surface area contributed by atoms with Crippen LogP contribution in [0.1, 0.15) is 23.5 Å². The minimum Gasteiger partial charge on any atom is -0.467 e. The molecule has 4 heterocycles. The molecule has 2 saturated heterocycles. The SMILES string of the molecule is COc1nc(N2CCOCC2)cc(-n2ncc3cc(C)c([C@H]4CCNC[C@H]4F)cc32)n1.Cl. The molecule has 0 saturated carbocycles. The van der Waals surface area contributed by atoms with Crippen molar-refractivity contribution in [2.75, 3.05) is 51.4 Å². The Kier molecular flexibility index (Phi) is 6.78. The van der Waals surface area contributed by atoms with Crippen molar-refractivity contribution >= 4 is 29.1 Å². The quantitative estimate of drug-likeness (QED) is 0.638. The molecule has 32 heavy (non-hydrogen) atoms. The van der Waals surface area contributed by atoms with Gasteiger partial charge in [-0.2, -0.15) is 15.1 Å². The molecule has 2 aromatic heterocycles. The summed E-state index contributed by atoms with van der Waals surface area (Å²) in [7, 11) is 1.56. The summed E-state index contributed by atoms with van der Waals surface area (Å²) >= 11 is 0. The van der Waals surface area contributed by atoms with Gasteiger partial charge in [-0.25, -0.2) is 9.07 Å². The van der Waals surface area contributed by atoms with Crippen molar-refractivity contribution in [3.63, 3.8) is 0 Å². The van der Waals surface area contributed by atoms with Crippen LogP contribution in [-0.4, -0.2) is 72.4 Å². The van der Waals surface area contributed by atoms with Crippen molar-refractivity contribution < 1.29 is 13.9 Å². The van der Waals surface area contributed by atoms with Crippen molar-refractivity contribution in [2.24, 2.45) is 0 Å². The number of hydrogen-bond acceptors (Lipinski definition) is 7. The summed E-state index contributed by atoms with van der Waals surface area (Å²) in [6, 6.07) is 6.37. The second-order valence-electron chi connectivity index (χ2n) is 8.11. The molecule has 5 rings (SSSR count). The van der Waals surface area contributed by atoms with Crippen LogP contribution in [0.2, 0.25) is 0 Å². The molecule has 2 aliphatic rings. The van der Waals surface area contributed by atoms with Gasteiger partial charge in [0.1, 0.15) is 12.0 Å². The van der Waals surface area contributed by atoms with Crippen LogP contribution in [0.15, 0.2) is 24.4 Å². The first-order valence-electron chi connectivity index (χ1n) is 10.7. The molecule has 1 N–H and O–H groups in total. The van der Waals surface area contributed by atoms with Gasteiger partial charge < -0.3 is 19.7 Å². The number of rotatable bonds is 4. The molecule has 10 heteroatoms. The molecule has 0 bridgehead atoms. The summed E-state index contributed by atoms with van der Waals surface area (Å²) in [5.41, 5.74) is 3.04. The van der Waals surface area contributed by atoms with Crippen molar-refractivity contribution in [2.45, 2.75) is 25.4 Å². The molecule has 3 aromatic rings. The lowest BCUT2D eigenvalue weighted by Crippen LogP contribution is -2.37. The van der Waals surface area contributed by atoms with Gasteiger partial charge >= 0.3 is 6.01 Å². The topological polar surface area (TPSA) is 77.3 Å². The van der Waals surface area contributed by atoms with Gasteiger partial charge in [0.25, 0.3) is 0 Å². The Labute approximate surface area is 192 Å². The van der Waals surface area contributed by atoms with E-state index in [4.69, 9.17) is 9.47 Å². The average molecular weight is 463 g/mol. The maximum atomic E-state index is 14.7. The van der Waals surface area contributed by atoms with E-state index in [0.717, 1.165) is 53.9 Å². The molecule has 0 spiro atoms. The summed E-state index contributed by atoms with van der Waals surface area (Å²) in [4.78, 5) is 11.2. The summed E-state index contributed by atoms with van der Waals surface area (Å²) in [6.07, 6.45) is 1.71. The van der Waals surface area contributed by atoms with E-state index in [0.29, 0.717) is 25.6 Å². The minimum absolute atomic E-state index is 0. The Morgan fingerprint density at radius 3 is 2.69 bits per heavy atom. The Morgan fingerprint density at radius 1 is 1.16 bits per heavy atom. The zero-order chi connectivity index (χ0) is 21.4. The summed E-state index contributed by atoms with van der Waals surface area (Å²) in [6.45, 7) is 6.12. The van der Waals surface area contributed by atoms with Gasteiger partial charge in [-0.15, -0.1) is 12.4 Å². The van der Waals surface area contributed by atoms with Crippen LogP contribution >= 0.6 is 12.4 Å². The average Bonchev–Trinajstić information content (AvgIpc) is 3.22. The molecule has 0 amide bonds. The maximum absolute atomic E-state index is 14.7. The number of aromatic nitrogens is 4. The minimum atomic E-state index is -0.895. The Hall–Kier alpha value is -2.49. The van der Waals surface area contributed by atoms with Crippen molar-refractivity contribution in [1.29, 1.82) is 0 Å². The number of hydrogen-bond donors (Lipinski definition) is 1. The van der Waals surface area contributed by atoms with Gasteiger partial charge in [0.15, 0.2) is 5.82 Å². The lowest BCUT2D eigenvalue weighted by Gasteiger charge is -2.28. The van der Waals surface area contributed by atoms with Crippen molar-refractivity contribution in [1.82, 2.24) is 25.1 Å². The van der Waals surface area contributed by atoms with Crippen molar-refractivity contribution in [3.8, 4) is 11.8 Å². The number of halogens is 2. The summed E-state index contributed by atoms with van der Waals surface area (Å²) in [5, 5.41) is 8.73. The van der Waals surface area contributed by atoms with Crippen LogP contribution in [0, 0.1) is 6.92 Å². The first kappa shape index (κ1) is 22.7. The van der Waals surface area contributed by atoms with Gasteiger partial charge in [-0.05, 0) is 43.1 Å². The molecule has 0 unspecified atom stereocenters. The molecule has 2 aliphatic heterocycles. The number of nitrogens with one attached hydrogen (secondary N) is 1. The number of aryl methyl sites for hydroxylation is 1. The number of nitrogens with zero attached hydrogens (tertiary/aromatic N) is 5. The molecule has 0 radical (unpaired) electrons. The van der Waals surface area contributed by atoms with Crippen LogP contribution in [0.4, 0.5) is 10.2 Å². The van der Waals surface area contributed by atoms with E-state index in [2.05, 4.69) is 37.4 Å². The first-order chi connectivity index (χ1) is 15.1. The van der Waals surface area contributed by atoms with Crippen LogP contribution in [-0.2, 0) is 4.74 Å². The highest BCUT2D eigenvalue weighted by molar-refractivity contribution is 5.85. The fourth-order valence-corrected chi connectivity index (χ4v) is 4.51. The van der Waals surface area contributed by atoms with Gasteiger partial charge in [0.05, 0.1) is 32.0 Å². The molecule has 0 aliphatic carbocycles. The predicted molar refractivity (Wildman–Crippen MR) is 123 cm³/mol. The lowest BCUT2D eigenvalue weighted by atomic mass is 9.85. The second-order valence-corrected chi connectivity index (χ2v) is 8.11. The number of morpholine rings is 1. The van der Waals surface area contributed by atoms with Gasteiger partial charge in [-0.3, -0.25) is 0 Å². The predicted octanol–water partition coefficient (Wildman–Crippen LogP) is 2.81. The summed E-state index contributed by atoms with van der Waals surface area (Å²) < 4.78 is 27.3. The summed E-state index contributed by atoms with van der Waals surface area (Å²) in [5.74, 6) is 1.29. The number of ether oxygens (including phenoxy) is 2. The van der Waals surface area contributed by atoms with E-state index < -0.39 is 6.17 Å². The van der Waals surface area contributed by atoms with Crippen molar-refractivity contribution in [3.05, 3.63) is 35.5 Å². The number of methoxy groups -OCH3 is 1. The Balaban J connectivity index is 0.00000245. The second kappa shape index (κ2) is 9.56. The molecule has 2 atom stereocenters. The lowest BCUT2D eigenvalue weighted by molar-refractivity contribution is 0.122.